The minimum atomic E-state index is 0.228. The molecular formula is C14H12N3OS+. The van der Waals surface area contributed by atoms with Crippen molar-refractivity contribution in [3.8, 4) is 5.75 Å². The molecule has 0 atom stereocenters. The van der Waals surface area contributed by atoms with Gasteiger partial charge >= 0.3 is 5.13 Å². The molecule has 0 unspecified atom stereocenters. The van der Waals surface area contributed by atoms with Gasteiger partial charge in [0.1, 0.15) is 17.0 Å². The Hall–Kier alpha value is -2.27. The summed E-state index contributed by atoms with van der Waals surface area (Å²) in [6.07, 6.45) is 0. The van der Waals surface area contributed by atoms with Crippen LogP contribution < -0.4 is 4.57 Å². The molecule has 0 spiro atoms. The third-order valence-corrected chi connectivity index (χ3v) is 3.92. The maximum Gasteiger partial charge on any atom is 0.409 e. The first-order valence-corrected chi connectivity index (χ1v) is 6.64. The lowest BCUT2D eigenvalue weighted by molar-refractivity contribution is -0.627. The predicted molar refractivity (Wildman–Crippen MR) is 75.3 cm³/mol. The summed E-state index contributed by atoms with van der Waals surface area (Å²) in [6.45, 7) is 0. The van der Waals surface area contributed by atoms with Crippen LogP contribution in [0.1, 0.15) is 0 Å². The number of aromatic nitrogens is 1. The molecule has 0 amide bonds. The Kier molecular flexibility index (Phi) is 2.97. The maximum atomic E-state index is 9.21. The second kappa shape index (κ2) is 4.78. The van der Waals surface area contributed by atoms with Gasteiger partial charge in [0.25, 0.3) is 0 Å². The van der Waals surface area contributed by atoms with E-state index in [0.717, 1.165) is 16.3 Å². The van der Waals surface area contributed by atoms with E-state index in [4.69, 9.17) is 0 Å². The van der Waals surface area contributed by atoms with Gasteiger partial charge in [0, 0.05) is 0 Å². The molecule has 19 heavy (non-hydrogen) atoms. The topological polar surface area (TPSA) is 48.8 Å². The molecule has 1 aromatic heterocycles. The summed E-state index contributed by atoms with van der Waals surface area (Å²) in [5.74, 6) is 0.228. The summed E-state index contributed by atoms with van der Waals surface area (Å²) >= 11 is 1.60. The molecule has 0 saturated carbocycles. The second-order valence-corrected chi connectivity index (χ2v) is 5.14. The fraction of sp³-hybridized carbons (Fsp3) is 0.0714. The number of benzene rings is 2. The summed E-state index contributed by atoms with van der Waals surface area (Å²) in [5, 5.41) is 18.5. The molecule has 1 N–H and O–H groups in total. The number of hydrogen-bond acceptors (Lipinski definition) is 4. The number of aryl methyl sites for hydroxylation is 1. The number of phenolic OH excluding ortho intramolecular Hbond substituents is 1. The quantitative estimate of drug-likeness (QED) is 0.558. The van der Waals surface area contributed by atoms with E-state index in [0.29, 0.717) is 0 Å². The van der Waals surface area contributed by atoms with Gasteiger partial charge in [0.15, 0.2) is 0 Å². The summed E-state index contributed by atoms with van der Waals surface area (Å²) < 4.78 is 3.20. The van der Waals surface area contributed by atoms with Crippen LogP contribution >= 0.6 is 11.3 Å². The molecule has 1 heterocycles. The van der Waals surface area contributed by atoms with Crippen LogP contribution in [0.4, 0.5) is 10.8 Å². The van der Waals surface area contributed by atoms with E-state index in [9.17, 15) is 5.11 Å². The van der Waals surface area contributed by atoms with Gasteiger partial charge in [-0.25, -0.2) is 4.57 Å². The number of phenols is 1. The Labute approximate surface area is 114 Å². The zero-order valence-corrected chi connectivity index (χ0v) is 11.1. The monoisotopic (exact) mass is 270 g/mol. The lowest BCUT2D eigenvalue weighted by atomic mass is 10.3. The Balaban J connectivity index is 1.97. The zero-order valence-electron chi connectivity index (χ0n) is 10.3. The molecule has 0 radical (unpaired) electrons. The predicted octanol–water partition coefficient (Wildman–Crippen LogP) is 3.85. The highest BCUT2D eigenvalue weighted by Crippen LogP contribution is 2.27. The number of thiazole rings is 1. The van der Waals surface area contributed by atoms with Crippen LogP contribution in [0, 0.1) is 0 Å². The lowest BCUT2D eigenvalue weighted by Gasteiger charge is -1.89. The van der Waals surface area contributed by atoms with Crippen LogP contribution in [-0.2, 0) is 7.05 Å². The van der Waals surface area contributed by atoms with Gasteiger partial charge in [-0.15, -0.1) is 0 Å². The van der Waals surface area contributed by atoms with Gasteiger partial charge < -0.3 is 5.11 Å². The van der Waals surface area contributed by atoms with Crippen molar-refractivity contribution in [2.45, 2.75) is 0 Å². The van der Waals surface area contributed by atoms with Gasteiger partial charge in [-0.05, 0) is 52.8 Å². The highest BCUT2D eigenvalue weighted by Gasteiger charge is 2.15. The average Bonchev–Trinajstić information content (AvgIpc) is 2.76. The number of aromatic hydroxyl groups is 1. The summed E-state index contributed by atoms with van der Waals surface area (Å²) in [7, 11) is 1.98. The largest absolute Gasteiger partial charge is 0.508 e. The fourth-order valence-corrected chi connectivity index (χ4v) is 2.77. The lowest BCUT2D eigenvalue weighted by Crippen LogP contribution is -2.25. The first-order chi connectivity index (χ1) is 9.24. The van der Waals surface area contributed by atoms with Crippen molar-refractivity contribution < 1.29 is 9.67 Å². The van der Waals surface area contributed by atoms with E-state index < -0.39 is 0 Å². The summed E-state index contributed by atoms with van der Waals surface area (Å²) in [5.41, 5.74) is 1.86. The van der Waals surface area contributed by atoms with Crippen molar-refractivity contribution in [1.29, 1.82) is 0 Å². The Bertz CT molecular complexity index is 747. The van der Waals surface area contributed by atoms with E-state index in [2.05, 4.69) is 22.4 Å². The smallest absolute Gasteiger partial charge is 0.409 e. The third kappa shape index (κ3) is 2.32. The fourth-order valence-electron chi connectivity index (χ4n) is 1.80. The minimum Gasteiger partial charge on any atom is -0.508 e. The SMILES string of the molecule is C[n+]1c(N=Nc2ccc(O)cc2)sc2ccccc21. The number of para-hydroxylation sites is 1. The van der Waals surface area contributed by atoms with E-state index in [1.807, 2.05) is 23.7 Å². The van der Waals surface area contributed by atoms with Gasteiger partial charge in [0.2, 0.25) is 0 Å². The molecule has 0 aliphatic carbocycles. The van der Waals surface area contributed by atoms with Gasteiger partial charge in [0.05, 0.1) is 16.9 Å². The molecule has 2 aromatic carbocycles. The van der Waals surface area contributed by atoms with Crippen LogP contribution in [-0.4, -0.2) is 5.11 Å². The molecule has 4 nitrogen and oxygen atoms in total. The normalized spacial score (nSPS) is 11.4. The molecule has 3 aromatic rings. The zero-order chi connectivity index (χ0) is 13.2. The molecule has 5 heteroatoms. The van der Waals surface area contributed by atoms with E-state index in [1.165, 1.54) is 4.70 Å². The van der Waals surface area contributed by atoms with Crippen molar-refractivity contribution in [2.75, 3.05) is 0 Å². The summed E-state index contributed by atoms with van der Waals surface area (Å²) in [6, 6.07) is 14.8. The maximum absolute atomic E-state index is 9.21. The van der Waals surface area contributed by atoms with E-state index in [-0.39, 0.29) is 5.75 Å². The summed E-state index contributed by atoms with van der Waals surface area (Å²) in [4.78, 5) is 0. The number of azo groups is 1. The number of nitrogens with zero attached hydrogens (tertiary/aromatic N) is 3. The molecule has 0 fully saturated rings. The molecule has 94 valence electrons. The highest BCUT2D eigenvalue weighted by atomic mass is 32.1. The highest BCUT2D eigenvalue weighted by molar-refractivity contribution is 7.21. The van der Waals surface area contributed by atoms with Crippen LogP contribution in [0.3, 0.4) is 0 Å². The van der Waals surface area contributed by atoms with Crippen molar-refractivity contribution in [3.05, 3.63) is 48.5 Å². The van der Waals surface area contributed by atoms with Crippen LogP contribution in [0.15, 0.2) is 58.8 Å². The molecular weight excluding hydrogens is 258 g/mol. The van der Waals surface area contributed by atoms with E-state index in [1.54, 1.807) is 35.6 Å². The Morgan fingerprint density at radius 2 is 1.74 bits per heavy atom. The molecule has 0 aliphatic rings. The van der Waals surface area contributed by atoms with Gasteiger partial charge in [-0.2, -0.15) is 0 Å². The molecule has 0 bridgehead atoms. The average molecular weight is 270 g/mol. The van der Waals surface area contributed by atoms with Crippen molar-refractivity contribution in [3.63, 3.8) is 0 Å². The first kappa shape index (κ1) is 11.8. The second-order valence-electron chi connectivity index (χ2n) is 4.13. The number of hydrogen-bond donors (Lipinski definition) is 1. The Morgan fingerprint density at radius 3 is 2.47 bits per heavy atom. The molecule has 0 aliphatic heterocycles. The van der Waals surface area contributed by atoms with Crippen LogP contribution in [0.5, 0.6) is 5.75 Å². The minimum absolute atomic E-state index is 0.228. The molecule has 0 saturated heterocycles. The van der Waals surface area contributed by atoms with Crippen molar-refractivity contribution in [1.82, 2.24) is 0 Å². The number of rotatable bonds is 2. The van der Waals surface area contributed by atoms with Gasteiger partial charge in [-0.3, -0.25) is 0 Å². The van der Waals surface area contributed by atoms with Crippen molar-refractivity contribution >= 4 is 32.4 Å². The Morgan fingerprint density at radius 1 is 1.00 bits per heavy atom. The van der Waals surface area contributed by atoms with Crippen molar-refractivity contribution in [2.24, 2.45) is 17.3 Å². The molecule has 3 rings (SSSR count). The standard InChI is InChI=1S/C14H11N3OS/c1-17-12-4-2-3-5-13(12)19-14(17)16-15-10-6-8-11(18)9-7-10/h2-9H,1H3/p+1. The van der Waals surface area contributed by atoms with Crippen LogP contribution in [0.2, 0.25) is 0 Å². The van der Waals surface area contributed by atoms with E-state index >= 15 is 0 Å². The van der Waals surface area contributed by atoms with Gasteiger partial charge in [-0.1, -0.05) is 12.1 Å². The number of fused-ring (bicyclic) bond motifs is 1. The first-order valence-electron chi connectivity index (χ1n) is 5.82. The third-order valence-electron chi connectivity index (χ3n) is 2.82. The van der Waals surface area contributed by atoms with Crippen LogP contribution in [0.25, 0.3) is 10.2 Å².